The summed E-state index contributed by atoms with van der Waals surface area (Å²) in [6.45, 7) is 1.91. The smallest absolute Gasteiger partial charge is 0.294 e. The number of nitro benzene ring substituents is 1. The van der Waals surface area contributed by atoms with Crippen LogP contribution in [0.15, 0.2) is 59.6 Å². The fraction of sp³-hybridized carbons (Fsp3) is 0.0588. The number of hydrogen-bond donors (Lipinski definition) is 1. The van der Waals surface area contributed by atoms with E-state index in [1.54, 1.807) is 18.3 Å². The molecule has 0 fully saturated rings. The molecule has 3 aromatic rings. The van der Waals surface area contributed by atoms with Crippen LogP contribution in [-0.2, 0) is 0 Å². The van der Waals surface area contributed by atoms with Crippen molar-refractivity contribution in [3.8, 4) is 5.69 Å². The monoisotopic (exact) mass is 400 g/mol. The molecule has 25 heavy (non-hydrogen) atoms. The molecule has 8 heteroatoms. The lowest BCUT2D eigenvalue weighted by Crippen LogP contribution is -2.13. The minimum Gasteiger partial charge on any atom is -0.322 e. The van der Waals surface area contributed by atoms with Crippen LogP contribution < -0.4 is 5.32 Å². The lowest BCUT2D eigenvalue weighted by molar-refractivity contribution is -0.384. The third-order valence-electron chi connectivity index (χ3n) is 3.63. The normalized spacial score (nSPS) is 10.5. The van der Waals surface area contributed by atoms with Crippen molar-refractivity contribution in [2.45, 2.75) is 6.92 Å². The zero-order chi connectivity index (χ0) is 18.0. The molecule has 1 aromatic heterocycles. The van der Waals surface area contributed by atoms with Crippen molar-refractivity contribution in [2.75, 3.05) is 5.32 Å². The Bertz CT molecular complexity index is 955. The van der Waals surface area contributed by atoms with E-state index in [4.69, 9.17) is 0 Å². The van der Waals surface area contributed by atoms with Gasteiger partial charge in [-0.3, -0.25) is 14.9 Å². The van der Waals surface area contributed by atoms with Crippen molar-refractivity contribution in [1.29, 1.82) is 0 Å². The first kappa shape index (κ1) is 16.8. The second kappa shape index (κ2) is 6.86. The van der Waals surface area contributed by atoms with Crippen molar-refractivity contribution in [1.82, 2.24) is 9.55 Å². The van der Waals surface area contributed by atoms with E-state index in [1.165, 1.54) is 29.2 Å². The molecule has 0 radical (unpaired) electrons. The number of amides is 1. The van der Waals surface area contributed by atoms with Gasteiger partial charge in [0.05, 0.1) is 11.3 Å². The number of rotatable bonds is 4. The second-order valence-electron chi connectivity index (χ2n) is 5.35. The summed E-state index contributed by atoms with van der Waals surface area (Å²) >= 11 is 3.40. The maximum absolute atomic E-state index is 12.4. The van der Waals surface area contributed by atoms with Crippen molar-refractivity contribution in [2.24, 2.45) is 0 Å². The van der Waals surface area contributed by atoms with Crippen molar-refractivity contribution >= 4 is 33.2 Å². The number of hydrogen-bond acceptors (Lipinski definition) is 4. The highest BCUT2D eigenvalue weighted by Gasteiger charge is 2.19. The summed E-state index contributed by atoms with van der Waals surface area (Å²) < 4.78 is 2.46. The van der Waals surface area contributed by atoms with Crippen LogP contribution in [0.3, 0.4) is 0 Å². The zero-order valence-electron chi connectivity index (χ0n) is 13.1. The number of anilines is 1. The molecule has 126 valence electrons. The van der Waals surface area contributed by atoms with Crippen molar-refractivity contribution in [3.05, 3.63) is 80.8 Å². The number of aromatic nitrogens is 2. The summed E-state index contributed by atoms with van der Waals surface area (Å²) in [4.78, 5) is 27.2. The molecule has 0 spiro atoms. The maximum atomic E-state index is 12.4. The molecule has 1 N–H and O–H groups in total. The average molecular weight is 401 g/mol. The Morgan fingerprint density at radius 1 is 1.28 bits per heavy atom. The van der Waals surface area contributed by atoms with Gasteiger partial charge in [0.25, 0.3) is 11.6 Å². The van der Waals surface area contributed by atoms with E-state index in [9.17, 15) is 14.9 Å². The Hall–Kier alpha value is -3.00. The van der Waals surface area contributed by atoms with Crippen LogP contribution in [0, 0.1) is 17.0 Å². The molecule has 0 aliphatic rings. The van der Waals surface area contributed by atoms with Crippen molar-refractivity contribution in [3.63, 3.8) is 0 Å². The van der Waals surface area contributed by atoms with E-state index in [1.807, 2.05) is 19.1 Å². The Kier molecular flexibility index (Phi) is 4.62. The standard InChI is InChI=1S/C17H13BrN4O3/c1-11-8-13(3-4-14(11)18)20-17(23)12-2-5-15(16(9-12)22(24)25)21-7-6-19-10-21/h2-10H,1H3,(H,20,23). The molecule has 1 amide bonds. The lowest BCUT2D eigenvalue weighted by atomic mass is 10.1. The molecule has 0 bridgehead atoms. The van der Waals surface area contributed by atoms with E-state index in [0.717, 1.165) is 10.0 Å². The van der Waals surface area contributed by atoms with Crippen LogP contribution in [0.25, 0.3) is 5.69 Å². The van der Waals surface area contributed by atoms with Crippen molar-refractivity contribution < 1.29 is 9.72 Å². The molecule has 0 aliphatic heterocycles. The molecule has 0 saturated heterocycles. The van der Waals surface area contributed by atoms with Gasteiger partial charge in [-0.15, -0.1) is 0 Å². The highest BCUT2D eigenvalue weighted by atomic mass is 79.9. The summed E-state index contributed by atoms with van der Waals surface area (Å²) in [5.74, 6) is -0.415. The highest BCUT2D eigenvalue weighted by molar-refractivity contribution is 9.10. The summed E-state index contributed by atoms with van der Waals surface area (Å²) in [5.41, 5.74) is 1.97. The summed E-state index contributed by atoms with van der Waals surface area (Å²) in [6, 6.07) is 9.73. The third-order valence-corrected chi connectivity index (χ3v) is 4.52. The molecule has 0 saturated carbocycles. The molecule has 0 aliphatic carbocycles. The number of nitro groups is 1. The minimum absolute atomic E-state index is 0.169. The highest BCUT2D eigenvalue weighted by Crippen LogP contribution is 2.25. The predicted octanol–water partition coefficient (Wildman–Crippen LogP) is 4.10. The van der Waals surface area contributed by atoms with Gasteiger partial charge in [-0.2, -0.15) is 0 Å². The van der Waals surface area contributed by atoms with E-state index < -0.39 is 10.8 Å². The van der Waals surface area contributed by atoms with Gasteiger partial charge in [-0.25, -0.2) is 4.98 Å². The van der Waals surface area contributed by atoms with Crippen LogP contribution in [0.5, 0.6) is 0 Å². The van der Waals surface area contributed by atoms with E-state index in [-0.39, 0.29) is 11.3 Å². The van der Waals surface area contributed by atoms with Gasteiger partial charge in [-0.1, -0.05) is 15.9 Å². The SMILES string of the molecule is Cc1cc(NC(=O)c2ccc(-n3ccnc3)c([N+](=O)[O-])c2)ccc1Br. The van der Waals surface area contributed by atoms with Gasteiger partial charge in [0, 0.05) is 34.2 Å². The predicted molar refractivity (Wildman–Crippen MR) is 97.1 cm³/mol. The number of carbonyl (C=O) groups excluding carboxylic acids is 1. The first-order chi connectivity index (χ1) is 12.0. The van der Waals surface area contributed by atoms with Crippen LogP contribution in [-0.4, -0.2) is 20.4 Å². The topological polar surface area (TPSA) is 90.1 Å². The van der Waals surface area contributed by atoms with Gasteiger partial charge in [0.1, 0.15) is 5.69 Å². The fourth-order valence-electron chi connectivity index (χ4n) is 2.36. The Morgan fingerprint density at radius 3 is 2.72 bits per heavy atom. The number of nitrogens with one attached hydrogen (secondary N) is 1. The first-order valence-corrected chi connectivity index (χ1v) is 8.09. The average Bonchev–Trinajstić information content (AvgIpc) is 3.12. The summed E-state index contributed by atoms with van der Waals surface area (Å²) in [5, 5.41) is 14.1. The zero-order valence-corrected chi connectivity index (χ0v) is 14.7. The molecular formula is C17H13BrN4O3. The Labute approximate surface area is 151 Å². The van der Waals surface area contributed by atoms with Crippen LogP contribution in [0.4, 0.5) is 11.4 Å². The minimum atomic E-state index is -0.518. The van der Waals surface area contributed by atoms with E-state index in [2.05, 4.69) is 26.2 Å². The van der Waals surface area contributed by atoms with Gasteiger partial charge in [-0.05, 0) is 42.8 Å². The maximum Gasteiger partial charge on any atom is 0.294 e. The van der Waals surface area contributed by atoms with Crippen LogP contribution in [0.2, 0.25) is 0 Å². The van der Waals surface area contributed by atoms with Gasteiger partial charge in [0.2, 0.25) is 0 Å². The number of carbonyl (C=O) groups is 1. The Morgan fingerprint density at radius 2 is 2.08 bits per heavy atom. The number of nitrogens with zero attached hydrogens (tertiary/aromatic N) is 3. The molecule has 0 atom stereocenters. The molecule has 2 aromatic carbocycles. The summed E-state index contributed by atoms with van der Waals surface area (Å²) in [6.07, 6.45) is 4.60. The number of aryl methyl sites for hydroxylation is 1. The fourth-order valence-corrected chi connectivity index (χ4v) is 2.60. The van der Waals surface area contributed by atoms with Gasteiger partial charge >= 0.3 is 0 Å². The largest absolute Gasteiger partial charge is 0.322 e. The Balaban J connectivity index is 1.91. The van der Waals surface area contributed by atoms with E-state index in [0.29, 0.717) is 11.4 Å². The summed E-state index contributed by atoms with van der Waals surface area (Å²) in [7, 11) is 0. The van der Waals surface area contributed by atoms with Gasteiger partial charge in [0.15, 0.2) is 0 Å². The quantitative estimate of drug-likeness (QED) is 0.527. The van der Waals surface area contributed by atoms with E-state index >= 15 is 0 Å². The van der Waals surface area contributed by atoms with Crippen LogP contribution in [0.1, 0.15) is 15.9 Å². The first-order valence-electron chi connectivity index (χ1n) is 7.30. The van der Waals surface area contributed by atoms with Crippen LogP contribution >= 0.6 is 15.9 Å². The van der Waals surface area contributed by atoms with Gasteiger partial charge < -0.3 is 9.88 Å². The third kappa shape index (κ3) is 3.58. The molecular weight excluding hydrogens is 388 g/mol. The molecule has 7 nitrogen and oxygen atoms in total. The number of imidazole rings is 1. The molecule has 3 rings (SSSR count). The second-order valence-corrected chi connectivity index (χ2v) is 6.20. The number of halogens is 1. The lowest BCUT2D eigenvalue weighted by Gasteiger charge is -2.09. The molecule has 0 unspecified atom stereocenters. The number of benzene rings is 2. The molecule has 1 heterocycles.